The van der Waals surface area contributed by atoms with Crippen molar-refractivity contribution in [1.29, 1.82) is 0 Å². The largest absolute Gasteiger partial charge is 0.505 e. The van der Waals surface area contributed by atoms with Crippen molar-refractivity contribution in [3.63, 3.8) is 0 Å². The van der Waals surface area contributed by atoms with E-state index in [-0.39, 0.29) is 57.2 Å². The Kier molecular flexibility index (Phi) is 18.2. The zero-order valence-corrected chi connectivity index (χ0v) is 62.5. The molecule has 2 N–H and O–H groups in total. The average Bonchev–Trinajstić information content (AvgIpc) is 1.63. The van der Waals surface area contributed by atoms with Crippen molar-refractivity contribution >= 4 is 43.6 Å². The summed E-state index contributed by atoms with van der Waals surface area (Å²) in [5.41, 5.74) is 15.5. The lowest BCUT2D eigenvalue weighted by Gasteiger charge is -2.36. The fourth-order valence-electron chi connectivity index (χ4n) is 15.1. The van der Waals surface area contributed by atoms with E-state index in [1.807, 2.05) is 24.3 Å². The predicted octanol–water partition coefficient (Wildman–Crippen LogP) is 23.7. The van der Waals surface area contributed by atoms with Crippen LogP contribution in [0.1, 0.15) is 216 Å². The van der Waals surface area contributed by atoms with Crippen LogP contribution in [0.5, 0.6) is 34.5 Å². The number of methoxy groups -OCH3 is 2. The van der Waals surface area contributed by atoms with Gasteiger partial charge < -0.3 is 38.3 Å². The Bertz CT molecular complexity index is 4140. The molecular formula is C87H110N2O6. The zero-order valence-electron chi connectivity index (χ0n) is 62.5. The fourth-order valence-corrected chi connectivity index (χ4v) is 15.1. The summed E-state index contributed by atoms with van der Waals surface area (Å²) in [7, 11) is 3.39. The van der Waals surface area contributed by atoms with E-state index in [2.05, 4.69) is 272 Å². The lowest BCUT2D eigenvalue weighted by atomic mass is 9.71. The van der Waals surface area contributed by atoms with E-state index in [1.165, 1.54) is 22.3 Å². The van der Waals surface area contributed by atoms with Gasteiger partial charge in [-0.15, -0.1) is 0 Å². The van der Waals surface area contributed by atoms with Crippen molar-refractivity contribution in [3.05, 3.63) is 166 Å². The van der Waals surface area contributed by atoms with Crippen LogP contribution in [-0.2, 0) is 32.5 Å². The van der Waals surface area contributed by atoms with Crippen LogP contribution < -0.4 is 18.9 Å². The molecule has 0 aliphatic heterocycles. The molecule has 504 valence electrons. The molecule has 8 aromatic carbocycles. The maximum absolute atomic E-state index is 13.7. The van der Waals surface area contributed by atoms with Gasteiger partial charge in [0.25, 0.3) is 0 Å². The highest BCUT2D eigenvalue weighted by molar-refractivity contribution is 6.12. The van der Waals surface area contributed by atoms with Gasteiger partial charge in [0.2, 0.25) is 0 Å². The van der Waals surface area contributed by atoms with E-state index >= 15 is 0 Å². The lowest BCUT2D eigenvalue weighted by Crippen LogP contribution is -2.27. The molecule has 10 aromatic rings. The van der Waals surface area contributed by atoms with Crippen LogP contribution in [0.3, 0.4) is 0 Å². The van der Waals surface area contributed by atoms with Crippen molar-refractivity contribution < 1.29 is 29.2 Å². The highest BCUT2D eigenvalue weighted by atomic mass is 16.5. The van der Waals surface area contributed by atoms with E-state index in [9.17, 15) is 10.2 Å². The number of fused-ring (bicyclic) bond motifs is 6. The number of rotatable bonds is 16. The highest BCUT2D eigenvalue weighted by Gasteiger charge is 2.38. The molecule has 0 saturated heterocycles. The van der Waals surface area contributed by atoms with Crippen LogP contribution >= 0.6 is 0 Å². The first-order valence-corrected chi connectivity index (χ1v) is 34.5. The number of phenolic OH excluding ortho intramolecular Hbond substituents is 2. The Morgan fingerprint density at radius 1 is 0.358 bits per heavy atom. The average molecular weight is 1280 g/mol. The number of hydrogen-bond donors (Lipinski definition) is 2. The summed E-state index contributed by atoms with van der Waals surface area (Å²) in [4.78, 5) is 0. The van der Waals surface area contributed by atoms with E-state index in [4.69, 9.17) is 18.9 Å². The number of aryl methyl sites for hydroxylation is 2. The quantitative estimate of drug-likeness (QED) is 0.0938. The third-order valence-corrected chi connectivity index (χ3v) is 19.3. The van der Waals surface area contributed by atoms with E-state index in [0.717, 1.165) is 89.8 Å². The number of phenols is 2. The first kappa shape index (κ1) is 70.0. The van der Waals surface area contributed by atoms with Crippen LogP contribution in [-0.4, -0.2) is 46.8 Å². The molecule has 0 aliphatic rings. The molecule has 0 bridgehead atoms. The number of nitrogens with zero attached hydrogens (tertiary/aromatic N) is 2. The Morgan fingerprint density at radius 2 is 0.642 bits per heavy atom. The summed E-state index contributed by atoms with van der Waals surface area (Å²) in [6.45, 7) is 54.9. The maximum atomic E-state index is 13.7. The summed E-state index contributed by atoms with van der Waals surface area (Å²) < 4.78 is 31.5. The van der Waals surface area contributed by atoms with E-state index in [0.29, 0.717) is 51.9 Å². The predicted molar refractivity (Wildman–Crippen MR) is 403 cm³/mol. The van der Waals surface area contributed by atoms with Gasteiger partial charge in [-0.3, -0.25) is 0 Å². The molecule has 0 unspecified atom stereocenters. The normalized spacial score (nSPS) is 13.2. The molecule has 95 heavy (non-hydrogen) atoms. The molecule has 0 aliphatic carbocycles. The highest BCUT2D eigenvalue weighted by Crippen LogP contribution is 2.55. The molecule has 0 fully saturated rings. The first-order valence-electron chi connectivity index (χ1n) is 34.5. The molecule has 2 heterocycles. The molecule has 0 radical (unpaired) electrons. The van der Waals surface area contributed by atoms with Crippen LogP contribution in [0.15, 0.2) is 121 Å². The molecule has 10 rings (SSSR count). The SMILES string of the molecule is COc1cc(C)cc(-c2cc(C(C)(C)CC(C)(C)C)c(OCCCOc3c(C(C)(C)CC(C)(C)C)cc(-c4cc(C)cc(OC)c4)c(O)c3-n3c4ccc(C(C)(C)C)cc4c4cc(C(C)(C)C)ccc43)c(-n3c4ccc(C(C)(C)C)cc4c4cc(C(C)(C)C)ccc43)c2O)c1. The summed E-state index contributed by atoms with van der Waals surface area (Å²) in [6.07, 6.45) is 2.10. The topological polar surface area (TPSA) is 87.2 Å². The molecule has 0 spiro atoms. The molecule has 2 aromatic heterocycles. The van der Waals surface area contributed by atoms with Gasteiger partial charge in [-0.1, -0.05) is 189 Å². The molecule has 8 nitrogen and oxygen atoms in total. The van der Waals surface area contributed by atoms with Crippen molar-refractivity contribution in [2.24, 2.45) is 10.8 Å². The minimum atomic E-state index is -0.473. The number of hydrogen-bond acceptors (Lipinski definition) is 6. The Hall–Kier alpha value is -7.84. The number of aromatic nitrogens is 2. The molecular weight excluding hydrogens is 1170 g/mol. The van der Waals surface area contributed by atoms with Gasteiger partial charge in [0, 0.05) is 50.2 Å². The summed E-state index contributed by atoms with van der Waals surface area (Å²) in [5, 5.41) is 31.8. The van der Waals surface area contributed by atoms with Crippen LogP contribution in [0, 0.1) is 24.7 Å². The Labute approximate surface area is 569 Å². The fraction of sp³-hybridized carbons (Fsp3) is 0.448. The second-order valence-electron chi connectivity index (χ2n) is 35.4. The zero-order chi connectivity index (χ0) is 69.8. The summed E-state index contributed by atoms with van der Waals surface area (Å²) in [6, 6.07) is 44.1. The van der Waals surface area contributed by atoms with Gasteiger partial charge in [0.05, 0.1) is 49.5 Å². The van der Waals surface area contributed by atoms with Gasteiger partial charge in [-0.05, 0) is 199 Å². The number of ether oxygens (including phenoxy) is 4. The van der Waals surface area contributed by atoms with Crippen LogP contribution in [0.2, 0.25) is 0 Å². The second kappa shape index (κ2) is 24.7. The molecule has 0 atom stereocenters. The third-order valence-electron chi connectivity index (χ3n) is 19.3. The minimum Gasteiger partial charge on any atom is -0.505 e. The minimum absolute atomic E-state index is 0.0816. The van der Waals surface area contributed by atoms with E-state index in [1.54, 1.807) is 14.2 Å². The molecule has 0 amide bonds. The molecule has 0 saturated carbocycles. The van der Waals surface area contributed by atoms with Crippen molar-refractivity contribution in [2.75, 3.05) is 27.4 Å². The number of aromatic hydroxyl groups is 2. The summed E-state index contributed by atoms with van der Waals surface area (Å²) >= 11 is 0. The van der Waals surface area contributed by atoms with Crippen molar-refractivity contribution in [1.82, 2.24) is 9.13 Å². The maximum Gasteiger partial charge on any atom is 0.151 e. The first-order chi connectivity index (χ1) is 43.9. The van der Waals surface area contributed by atoms with Crippen molar-refractivity contribution in [3.8, 4) is 68.1 Å². The van der Waals surface area contributed by atoms with Gasteiger partial charge in [-0.2, -0.15) is 0 Å². The van der Waals surface area contributed by atoms with Crippen LogP contribution in [0.25, 0.3) is 77.2 Å². The van der Waals surface area contributed by atoms with Crippen LogP contribution in [0.4, 0.5) is 0 Å². The van der Waals surface area contributed by atoms with Gasteiger partial charge in [-0.25, -0.2) is 0 Å². The molecule has 8 heteroatoms. The smallest absolute Gasteiger partial charge is 0.151 e. The standard InChI is InChI=1S/C87H110N2O6/c1-52-38-54(42-60(40-52)92-25)62-48-68(86(21,22)50-80(3,4)5)78(74(76(62)90)88-70-32-28-56(82(9,10)11)44-64(70)65-45-57(83(12,13)14)29-33-71(65)88)94-36-27-37-95-79-69(87(23,24)51-81(6,7)8)49-63(55-39-53(2)41-61(43-55)93-26)77(91)75(79)89-72-34-30-58(84(15,16)17)46-66(72)67-47-59(85(18,19)20)31-35-73(67)89/h28-35,38-49,90-91H,27,36-37,50-51H2,1-26H3. The lowest BCUT2D eigenvalue weighted by molar-refractivity contribution is 0.229. The number of benzene rings is 8. The van der Waals surface area contributed by atoms with Gasteiger partial charge in [0.15, 0.2) is 23.0 Å². The Morgan fingerprint density at radius 3 is 0.895 bits per heavy atom. The Balaban J connectivity index is 1.22. The van der Waals surface area contributed by atoms with Gasteiger partial charge in [0.1, 0.15) is 22.9 Å². The van der Waals surface area contributed by atoms with Gasteiger partial charge >= 0.3 is 0 Å². The van der Waals surface area contributed by atoms with Crippen molar-refractivity contribution in [2.45, 2.75) is 218 Å². The summed E-state index contributed by atoms with van der Waals surface area (Å²) in [5.74, 6) is 2.91. The second-order valence-corrected chi connectivity index (χ2v) is 35.4. The van der Waals surface area contributed by atoms with E-state index < -0.39 is 10.8 Å². The monoisotopic (exact) mass is 1280 g/mol. The third kappa shape index (κ3) is 14.1.